The molecule has 176 valence electrons. The number of hydrogen-bond acceptors (Lipinski definition) is 6. The van der Waals surface area contributed by atoms with Crippen molar-refractivity contribution in [3.8, 4) is 0 Å². The molecule has 11 heteroatoms. The fraction of sp³-hybridized carbons (Fsp3) is 0.304. The minimum Gasteiger partial charge on any atom is -0.308 e. The van der Waals surface area contributed by atoms with E-state index in [1.54, 1.807) is 36.4 Å². The van der Waals surface area contributed by atoms with Crippen molar-refractivity contribution in [1.82, 2.24) is 29.3 Å². The summed E-state index contributed by atoms with van der Waals surface area (Å²) >= 11 is 0. The van der Waals surface area contributed by atoms with E-state index < -0.39 is 10.0 Å². The van der Waals surface area contributed by atoms with Crippen molar-refractivity contribution in [2.45, 2.75) is 37.1 Å². The van der Waals surface area contributed by atoms with Crippen LogP contribution in [0, 0.1) is 12.7 Å². The number of H-pyrrole nitrogens is 1. The maximum Gasteiger partial charge on any atom is 0.281 e. The van der Waals surface area contributed by atoms with E-state index in [1.807, 2.05) is 6.92 Å². The van der Waals surface area contributed by atoms with Gasteiger partial charge in [-0.3, -0.25) is 4.79 Å². The number of aromatic nitrogens is 5. The van der Waals surface area contributed by atoms with Crippen LogP contribution in [0.5, 0.6) is 0 Å². The van der Waals surface area contributed by atoms with E-state index in [0.29, 0.717) is 43.9 Å². The van der Waals surface area contributed by atoms with Gasteiger partial charge in [0.15, 0.2) is 11.2 Å². The summed E-state index contributed by atoms with van der Waals surface area (Å²) in [5, 5.41) is 7.99. The molecule has 0 saturated carbocycles. The molecule has 3 heterocycles. The molecule has 0 spiro atoms. The first-order chi connectivity index (χ1) is 16.3. The van der Waals surface area contributed by atoms with E-state index in [-0.39, 0.29) is 27.7 Å². The second-order valence-electron chi connectivity index (χ2n) is 8.49. The van der Waals surface area contributed by atoms with Gasteiger partial charge in [-0.1, -0.05) is 35.0 Å². The van der Waals surface area contributed by atoms with Gasteiger partial charge in [0.1, 0.15) is 11.6 Å². The normalized spacial score (nSPS) is 15.7. The average molecular weight is 483 g/mol. The van der Waals surface area contributed by atoms with Crippen molar-refractivity contribution >= 4 is 21.2 Å². The third-order valence-electron chi connectivity index (χ3n) is 6.14. The van der Waals surface area contributed by atoms with Gasteiger partial charge < -0.3 is 4.98 Å². The third kappa shape index (κ3) is 4.24. The van der Waals surface area contributed by atoms with Crippen LogP contribution in [0.25, 0.3) is 11.2 Å². The van der Waals surface area contributed by atoms with E-state index in [9.17, 15) is 17.6 Å². The molecule has 1 aliphatic rings. The molecule has 1 N–H and O–H groups in total. The number of benzene rings is 2. The molecule has 9 nitrogen and oxygen atoms in total. The summed E-state index contributed by atoms with van der Waals surface area (Å²) in [4.78, 5) is 20.3. The molecule has 1 fully saturated rings. The molecule has 5 rings (SSSR count). The predicted molar refractivity (Wildman–Crippen MR) is 123 cm³/mol. The Balaban J connectivity index is 1.36. The zero-order chi connectivity index (χ0) is 23.9. The van der Waals surface area contributed by atoms with E-state index >= 15 is 0 Å². The Morgan fingerprint density at radius 1 is 1.06 bits per heavy atom. The number of rotatable bonds is 5. The fourth-order valence-corrected chi connectivity index (χ4v) is 5.64. The molecule has 0 unspecified atom stereocenters. The molecule has 2 aromatic heterocycles. The second kappa shape index (κ2) is 8.73. The topological polar surface area (TPSA) is 114 Å². The standard InChI is InChI=1S/C23H23FN6O3S/c1-15-2-8-19(9-3-15)34(32,33)29-12-10-17(11-13-29)21-25-22-20(23(31)26-21)27-28-30(22)14-16-4-6-18(24)7-5-16/h2-9,17H,10-14H2,1H3,(H,25,26,31). The van der Waals surface area contributed by atoms with Crippen LogP contribution in [-0.4, -0.2) is 50.8 Å². The average Bonchev–Trinajstić information content (AvgIpc) is 3.24. The number of fused-ring (bicyclic) bond motifs is 1. The van der Waals surface area contributed by atoms with Gasteiger partial charge >= 0.3 is 0 Å². The van der Waals surface area contributed by atoms with Crippen molar-refractivity contribution in [3.63, 3.8) is 0 Å². The van der Waals surface area contributed by atoms with Gasteiger partial charge in [-0.2, -0.15) is 4.31 Å². The third-order valence-corrected chi connectivity index (χ3v) is 8.05. The Morgan fingerprint density at radius 2 is 1.74 bits per heavy atom. The van der Waals surface area contributed by atoms with Crippen molar-refractivity contribution in [1.29, 1.82) is 0 Å². The summed E-state index contributed by atoms with van der Waals surface area (Å²) in [6.07, 6.45) is 1.05. The lowest BCUT2D eigenvalue weighted by Crippen LogP contribution is -2.38. The minimum absolute atomic E-state index is 0.101. The molecule has 2 aromatic carbocycles. The van der Waals surface area contributed by atoms with Gasteiger partial charge in [-0.25, -0.2) is 22.5 Å². The maximum absolute atomic E-state index is 13.2. The zero-order valence-corrected chi connectivity index (χ0v) is 19.3. The number of piperidine rings is 1. The highest BCUT2D eigenvalue weighted by atomic mass is 32.2. The smallest absolute Gasteiger partial charge is 0.281 e. The molecule has 0 radical (unpaired) electrons. The summed E-state index contributed by atoms with van der Waals surface area (Å²) in [6, 6.07) is 12.8. The second-order valence-corrected chi connectivity index (χ2v) is 10.4. The zero-order valence-electron chi connectivity index (χ0n) is 18.5. The lowest BCUT2D eigenvalue weighted by atomic mass is 9.97. The number of nitrogens with zero attached hydrogens (tertiary/aromatic N) is 5. The van der Waals surface area contributed by atoms with Gasteiger partial charge in [0, 0.05) is 19.0 Å². The Bertz CT molecular complexity index is 1490. The summed E-state index contributed by atoms with van der Waals surface area (Å²) in [5.41, 5.74) is 1.88. The van der Waals surface area contributed by atoms with Gasteiger partial charge in [-0.05, 0) is 49.6 Å². The van der Waals surface area contributed by atoms with Crippen LogP contribution in [-0.2, 0) is 16.6 Å². The largest absolute Gasteiger partial charge is 0.308 e. The summed E-state index contributed by atoms with van der Waals surface area (Å²) in [6.45, 7) is 2.86. The number of nitrogens with one attached hydrogen (secondary N) is 1. The number of sulfonamides is 1. The number of hydrogen-bond donors (Lipinski definition) is 1. The fourth-order valence-electron chi connectivity index (χ4n) is 4.17. The van der Waals surface area contributed by atoms with Crippen LogP contribution in [0.4, 0.5) is 4.39 Å². The van der Waals surface area contributed by atoms with Crippen molar-refractivity contribution in [2.75, 3.05) is 13.1 Å². The van der Waals surface area contributed by atoms with Crippen molar-refractivity contribution < 1.29 is 12.8 Å². The molecular formula is C23H23FN6O3S. The summed E-state index contributed by atoms with van der Waals surface area (Å²) < 4.78 is 42.2. The molecule has 1 aliphatic heterocycles. The molecule has 0 atom stereocenters. The van der Waals surface area contributed by atoms with E-state index in [0.717, 1.165) is 11.1 Å². The Labute approximate surface area is 195 Å². The van der Waals surface area contributed by atoms with Crippen LogP contribution in [0.2, 0.25) is 0 Å². The number of halogens is 1. The maximum atomic E-state index is 13.2. The number of aromatic amines is 1. The molecular weight excluding hydrogens is 459 g/mol. The molecule has 34 heavy (non-hydrogen) atoms. The first-order valence-electron chi connectivity index (χ1n) is 11.0. The van der Waals surface area contributed by atoms with Gasteiger partial charge in [0.25, 0.3) is 5.56 Å². The van der Waals surface area contributed by atoms with Gasteiger partial charge in [0.05, 0.1) is 11.4 Å². The van der Waals surface area contributed by atoms with Crippen LogP contribution in [0.1, 0.15) is 35.7 Å². The van der Waals surface area contributed by atoms with Crippen LogP contribution < -0.4 is 5.56 Å². The molecule has 0 bridgehead atoms. The summed E-state index contributed by atoms with van der Waals surface area (Å²) in [5.74, 6) is 0.0584. The van der Waals surface area contributed by atoms with Crippen LogP contribution in [0.15, 0.2) is 58.2 Å². The Kier molecular flexibility index (Phi) is 5.74. The van der Waals surface area contributed by atoms with Crippen LogP contribution >= 0.6 is 0 Å². The quantitative estimate of drug-likeness (QED) is 0.468. The van der Waals surface area contributed by atoms with Crippen molar-refractivity contribution in [3.05, 3.63) is 81.7 Å². The lowest BCUT2D eigenvalue weighted by Gasteiger charge is -2.30. The molecule has 1 saturated heterocycles. The summed E-state index contributed by atoms with van der Waals surface area (Å²) in [7, 11) is -3.57. The Hall–Kier alpha value is -3.44. The highest BCUT2D eigenvalue weighted by molar-refractivity contribution is 7.89. The monoisotopic (exact) mass is 482 g/mol. The van der Waals surface area contributed by atoms with Gasteiger partial charge in [-0.15, -0.1) is 5.10 Å². The predicted octanol–water partition coefficient (Wildman–Crippen LogP) is 2.58. The SMILES string of the molecule is Cc1ccc(S(=O)(=O)N2CCC(c3nc4c(nnn4Cc4ccc(F)cc4)c(=O)[nH]3)CC2)cc1. The number of aryl methyl sites for hydroxylation is 1. The van der Waals surface area contributed by atoms with Crippen molar-refractivity contribution in [2.24, 2.45) is 0 Å². The molecule has 0 aliphatic carbocycles. The first kappa shape index (κ1) is 22.4. The Morgan fingerprint density at radius 3 is 2.41 bits per heavy atom. The van der Waals surface area contributed by atoms with E-state index in [1.165, 1.54) is 21.1 Å². The molecule has 0 amide bonds. The molecule has 4 aromatic rings. The van der Waals surface area contributed by atoms with Crippen LogP contribution in [0.3, 0.4) is 0 Å². The highest BCUT2D eigenvalue weighted by Crippen LogP contribution is 2.29. The first-order valence-corrected chi connectivity index (χ1v) is 12.4. The van der Waals surface area contributed by atoms with Gasteiger partial charge in [0.2, 0.25) is 10.0 Å². The highest BCUT2D eigenvalue weighted by Gasteiger charge is 2.31. The van der Waals surface area contributed by atoms with E-state index in [4.69, 9.17) is 0 Å². The minimum atomic E-state index is -3.57. The lowest BCUT2D eigenvalue weighted by molar-refractivity contribution is 0.313. The van der Waals surface area contributed by atoms with E-state index in [2.05, 4.69) is 20.3 Å².